The van der Waals surface area contributed by atoms with Crippen molar-refractivity contribution in [2.24, 2.45) is 5.73 Å². The monoisotopic (exact) mass is 220 g/mol. The van der Waals surface area contributed by atoms with Crippen molar-refractivity contribution < 1.29 is 4.74 Å². The van der Waals surface area contributed by atoms with Gasteiger partial charge in [-0.1, -0.05) is 6.07 Å². The average molecular weight is 220 g/mol. The average Bonchev–Trinajstić information content (AvgIpc) is 2.73. The molecule has 0 radical (unpaired) electrons. The van der Waals surface area contributed by atoms with Crippen molar-refractivity contribution in [3.05, 3.63) is 29.7 Å². The molecule has 0 aliphatic carbocycles. The zero-order valence-electron chi connectivity index (χ0n) is 9.39. The molecule has 2 aromatic rings. The van der Waals surface area contributed by atoms with Crippen LogP contribution in [0.5, 0.6) is 0 Å². The van der Waals surface area contributed by atoms with Crippen LogP contribution in [-0.2, 0) is 17.7 Å². The highest BCUT2D eigenvalue weighted by atomic mass is 16.5. The second kappa shape index (κ2) is 5.05. The molecule has 0 unspecified atom stereocenters. The Morgan fingerprint density at radius 3 is 3.06 bits per heavy atom. The summed E-state index contributed by atoms with van der Waals surface area (Å²) in [6.07, 6.45) is 3.78. The van der Waals surface area contributed by atoms with Crippen molar-refractivity contribution in [1.29, 1.82) is 0 Å². The zero-order chi connectivity index (χ0) is 11.4. The summed E-state index contributed by atoms with van der Waals surface area (Å²) in [5, 5.41) is 8.34. The second-order valence-electron chi connectivity index (χ2n) is 3.64. The molecule has 0 bridgehead atoms. The van der Waals surface area contributed by atoms with Crippen molar-refractivity contribution in [3.63, 3.8) is 0 Å². The van der Waals surface area contributed by atoms with Gasteiger partial charge in [-0.05, 0) is 12.5 Å². The van der Waals surface area contributed by atoms with E-state index in [2.05, 4.69) is 10.2 Å². The van der Waals surface area contributed by atoms with Crippen LogP contribution in [0.25, 0.3) is 5.65 Å². The van der Waals surface area contributed by atoms with Crippen LogP contribution in [-0.4, -0.2) is 28.3 Å². The summed E-state index contributed by atoms with van der Waals surface area (Å²) >= 11 is 0. The summed E-state index contributed by atoms with van der Waals surface area (Å²) in [7, 11) is 1.70. The Kier molecular flexibility index (Phi) is 3.48. The summed E-state index contributed by atoms with van der Waals surface area (Å²) in [5.74, 6) is 0.961. The number of aryl methyl sites for hydroxylation is 1. The molecule has 0 aromatic carbocycles. The fraction of sp³-hybridized carbons (Fsp3) is 0.455. The molecule has 0 atom stereocenters. The molecule has 0 saturated heterocycles. The van der Waals surface area contributed by atoms with Crippen LogP contribution in [0, 0.1) is 0 Å². The van der Waals surface area contributed by atoms with Crippen LogP contribution in [0.15, 0.2) is 18.3 Å². The minimum atomic E-state index is 0.487. The predicted molar refractivity (Wildman–Crippen MR) is 61.1 cm³/mol. The molecule has 0 aliphatic rings. The van der Waals surface area contributed by atoms with Gasteiger partial charge in [0.15, 0.2) is 5.65 Å². The van der Waals surface area contributed by atoms with E-state index in [0.29, 0.717) is 6.54 Å². The molecule has 86 valence electrons. The lowest BCUT2D eigenvalue weighted by atomic mass is 10.2. The number of rotatable bonds is 5. The van der Waals surface area contributed by atoms with Gasteiger partial charge in [-0.25, -0.2) is 0 Å². The van der Waals surface area contributed by atoms with Gasteiger partial charge in [-0.15, -0.1) is 10.2 Å². The van der Waals surface area contributed by atoms with E-state index in [9.17, 15) is 0 Å². The minimum Gasteiger partial charge on any atom is -0.385 e. The van der Waals surface area contributed by atoms with Crippen molar-refractivity contribution >= 4 is 5.65 Å². The Labute approximate surface area is 94.2 Å². The first-order valence-corrected chi connectivity index (χ1v) is 5.37. The number of pyridine rings is 1. The Morgan fingerprint density at radius 2 is 2.31 bits per heavy atom. The number of methoxy groups -OCH3 is 1. The van der Waals surface area contributed by atoms with Crippen LogP contribution in [0.1, 0.15) is 17.8 Å². The Morgan fingerprint density at radius 1 is 1.44 bits per heavy atom. The van der Waals surface area contributed by atoms with Crippen molar-refractivity contribution in [1.82, 2.24) is 14.6 Å². The standard InChI is InChI=1S/C11H16N4O/c1-16-7-3-5-10-13-14-11-9(8-12)4-2-6-15(10)11/h2,4,6H,3,5,7-8,12H2,1H3. The third kappa shape index (κ3) is 2.05. The van der Waals surface area contributed by atoms with Crippen LogP contribution in [0.4, 0.5) is 0 Å². The number of ether oxygens (including phenoxy) is 1. The zero-order valence-corrected chi connectivity index (χ0v) is 9.39. The Bertz CT molecular complexity index is 466. The van der Waals surface area contributed by atoms with E-state index in [1.807, 2.05) is 22.7 Å². The number of hydrogen-bond acceptors (Lipinski definition) is 4. The first-order chi connectivity index (χ1) is 7.86. The summed E-state index contributed by atoms with van der Waals surface area (Å²) < 4.78 is 7.02. The van der Waals surface area contributed by atoms with Crippen molar-refractivity contribution in [3.8, 4) is 0 Å². The van der Waals surface area contributed by atoms with Gasteiger partial charge in [0.2, 0.25) is 0 Å². The van der Waals surface area contributed by atoms with E-state index in [0.717, 1.165) is 36.5 Å². The van der Waals surface area contributed by atoms with Gasteiger partial charge in [0.05, 0.1) is 0 Å². The summed E-state index contributed by atoms with van der Waals surface area (Å²) in [4.78, 5) is 0. The van der Waals surface area contributed by atoms with Gasteiger partial charge in [0, 0.05) is 38.4 Å². The second-order valence-corrected chi connectivity index (χ2v) is 3.64. The largest absolute Gasteiger partial charge is 0.385 e. The molecule has 0 aliphatic heterocycles. The van der Waals surface area contributed by atoms with Gasteiger partial charge >= 0.3 is 0 Å². The van der Waals surface area contributed by atoms with Gasteiger partial charge in [0.25, 0.3) is 0 Å². The molecule has 0 fully saturated rings. The lowest BCUT2D eigenvalue weighted by molar-refractivity contribution is 0.194. The number of aromatic nitrogens is 3. The third-order valence-corrected chi connectivity index (χ3v) is 2.55. The number of fused-ring (bicyclic) bond motifs is 1. The molecular weight excluding hydrogens is 204 g/mol. The highest BCUT2D eigenvalue weighted by Crippen LogP contribution is 2.10. The van der Waals surface area contributed by atoms with Gasteiger partial charge in [-0.2, -0.15) is 0 Å². The van der Waals surface area contributed by atoms with Crippen LogP contribution in [0.2, 0.25) is 0 Å². The highest BCUT2D eigenvalue weighted by Gasteiger charge is 2.07. The highest BCUT2D eigenvalue weighted by molar-refractivity contribution is 5.47. The van der Waals surface area contributed by atoms with Crippen molar-refractivity contribution in [2.45, 2.75) is 19.4 Å². The van der Waals surface area contributed by atoms with Crippen LogP contribution in [0.3, 0.4) is 0 Å². The summed E-state index contributed by atoms with van der Waals surface area (Å²) in [6, 6.07) is 3.95. The normalized spacial score (nSPS) is 11.1. The molecule has 0 amide bonds. The quantitative estimate of drug-likeness (QED) is 0.756. The van der Waals surface area contributed by atoms with Crippen molar-refractivity contribution in [2.75, 3.05) is 13.7 Å². The lowest BCUT2D eigenvalue weighted by Crippen LogP contribution is -2.02. The minimum absolute atomic E-state index is 0.487. The SMILES string of the molecule is COCCCc1nnc2c(CN)cccn12. The van der Waals surface area contributed by atoms with Crippen LogP contribution >= 0.6 is 0 Å². The maximum Gasteiger partial charge on any atom is 0.165 e. The Balaban J connectivity index is 2.27. The third-order valence-electron chi connectivity index (χ3n) is 2.55. The molecule has 2 rings (SSSR count). The fourth-order valence-electron chi connectivity index (χ4n) is 1.72. The van der Waals surface area contributed by atoms with E-state index in [1.165, 1.54) is 0 Å². The maximum atomic E-state index is 5.65. The van der Waals surface area contributed by atoms with E-state index in [4.69, 9.17) is 10.5 Å². The first-order valence-electron chi connectivity index (χ1n) is 5.37. The summed E-state index contributed by atoms with van der Waals surface area (Å²) in [6.45, 7) is 1.23. The topological polar surface area (TPSA) is 65.4 Å². The maximum absolute atomic E-state index is 5.65. The molecular formula is C11H16N4O. The van der Waals surface area contributed by atoms with Gasteiger partial charge in [0.1, 0.15) is 5.82 Å². The number of nitrogens with two attached hydrogens (primary N) is 1. The van der Waals surface area contributed by atoms with Gasteiger partial charge < -0.3 is 10.5 Å². The van der Waals surface area contributed by atoms with E-state index >= 15 is 0 Å². The Hall–Kier alpha value is -1.46. The molecule has 0 saturated carbocycles. The molecule has 5 nitrogen and oxygen atoms in total. The van der Waals surface area contributed by atoms with E-state index in [-0.39, 0.29) is 0 Å². The number of hydrogen-bond donors (Lipinski definition) is 1. The smallest absolute Gasteiger partial charge is 0.165 e. The van der Waals surface area contributed by atoms with E-state index < -0.39 is 0 Å². The van der Waals surface area contributed by atoms with Crippen LogP contribution < -0.4 is 5.73 Å². The molecule has 2 N–H and O–H groups in total. The molecule has 2 aromatic heterocycles. The molecule has 16 heavy (non-hydrogen) atoms. The first kappa shape index (κ1) is 11.0. The molecule has 2 heterocycles. The number of nitrogens with zero attached hydrogens (tertiary/aromatic N) is 3. The predicted octanol–water partition coefficient (Wildman–Crippen LogP) is 0.767. The van der Waals surface area contributed by atoms with E-state index in [1.54, 1.807) is 7.11 Å². The van der Waals surface area contributed by atoms with Gasteiger partial charge in [-0.3, -0.25) is 4.40 Å². The lowest BCUT2D eigenvalue weighted by Gasteiger charge is -2.01. The fourth-order valence-corrected chi connectivity index (χ4v) is 1.72. The summed E-state index contributed by atoms with van der Waals surface area (Å²) in [5.41, 5.74) is 7.53. The molecule has 5 heteroatoms. The molecule has 0 spiro atoms.